The Labute approximate surface area is 121 Å². The Kier molecular flexibility index (Phi) is 4.65. The molecule has 0 aliphatic carbocycles. The van der Waals surface area contributed by atoms with Gasteiger partial charge in [-0.3, -0.25) is 4.98 Å². The fourth-order valence-corrected chi connectivity index (χ4v) is 1.99. The van der Waals surface area contributed by atoms with E-state index in [-0.39, 0.29) is 35.1 Å². The maximum Gasteiger partial charge on any atom is 1.00 e. The van der Waals surface area contributed by atoms with Crippen molar-refractivity contribution < 1.29 is 47.6 Å². The van der Waals surface area contributed by atoms with E-state index in [1.165, 1.54) is 12.4 Å². The van der Waals surface area contributed by atoms with Gasteiger partial charge in [0.25, 0.3) is 0 Å². The fourth-order valence-electron chi connectivity index (χ4n) is 1.49. The van der Waals surface area contributed by atoms with Crippen LogP contribution in [0.1, 0.15) is 11.0 Å². The van der Waals surface area contributed by atoms with E-state index < -0.39 is 15.6 Å². The molecule has 0 aliphatic rings. The average Bonchev–Trinajstić information content (AvgIpc) is 2.26. The number of pyridine rings is 1. The second kappa shape index (κ2) is 5.43. The van der Waals surface area contributed by atoms with Gasteiger partial charge in [0, 0.05) is 23.3 Å². The first-order valence-electron chi connectivity index (χ1n) is 4.45. The van der Waals surface area contributed by atoms with Gasteiger partial charge in [-0.1, -0.05) is 24.3 Å². The van der Waals surface area contributed by atoms with Gasteiger partial charge in [0.15, 0.2) is 5.44 Å². The molecule has 0 spiro atoms. The standard InChI is InChI=1S/C10H9NO4S.Na/c12-10(16(13,14)15)9-6-11-5-7-3-1-2-4-8(7)9;/h1-6,10,12H,(H,13,14,15);/q;+1/p-1. The molecule has 0 bridgehead atoms. The van der Waals surface area contributed by atoms with Crippen molar-refractivity contribution in [2.24, 2.45) is 0 Å². The summed E-state index contributed by atoms with van der Waals surface area (Å²) in [6, 6.07) is 6.79. The van der Waals surface area contributed by atoms with Crippen molar-refractivity contribution in [3.8, 4) is 0 Å². The summed E-state index contributed by atoms with van der Waals surface area (Å²) in [5.41, 5.74) is -2.07. The molecule has 1 aromatic carbocycles. The van der Waals surface area contributed by atoms with Crippen molar-refractivity contribution >= 4 is 20.9 Å². The normalized spacial score (nSPS) is 13.1. The average molecular weight is 261 g/mol. The fraction of sp³-hybridized carbons (Fsp3) is 0.100. The van der Waals surface area contributed by atoms with E-state index in [1.54, 1.807) is 24.3 Å². The van der Waals surface area contributed by atoms with Gasteiger partial charge >= 0.3 is 29.6 Å². The molecule has 1 atom stereocenters. The van der Waals surface area contributed by atoms with E-state index in [1.807, 2.05) is 0 Å². The predicted octanol–water partition coefficient (Wildman–Crippen LogP) is -2.23. The molecule has 0 saturated carbocycles. The van der Waals surface area contributed by atoms with Crippen LogP contribution in [0.15, 0.2) is 36.7 Å². The number of nitrogens with zero attached hydrogens (tertiary/aromatic N) is 1. The number of aromatic nitrogens is 1. The zero-order chi connectivity index (χ0) is 11.8. The van der Waals surface area contributed by atoms with Crippen molar-refractivity contribution in [1.82, 2.24) is 4.98 Å². The zero-order valence-electron chi connectivity index (χ0n) is 9.07. The molecule has 0 aliphatic heterocycles. The van der Waals surface area contributed by atoms with E-state index >= 15 is 0 Å². The largest absolute Gasteiger partial charge is 1.00 e. The van der Waals surface area contributed by atoms with Crippen molar-refractivity contribution in [2.75, 3.05) is 0 Å². The number of hydrogen-bond donors (Lipinski definition) is 1. The van der Waals surface area contributed by atoms with Gasteiger partial charge in [-0.25, -0.2) is 8.42 Å². The summed E-state index contributed by atoms with van der Waals surface area (Å²) in [5.74, 6) is 0. The summed E-state index contributed by atoms with van der Waals surface area (Å²) in [7, 11) is -4.78. The number of aliphatic hydroxyl groups is 1. The minimum Gasteiger partial charge on any atom is -0.746 e. The molecule has 5 nitrogen and oxygen atoms in total. The van der Waals surface area contributed by atoms with Crippen molar-refractivity contribution in [3.63, 3.8) is 0 Å². The summed E-state index contributed by atoms with van der Waals surface area (Å²) >= 11 is 0. The quantitative estimate of drug-likeness (QED) is 0.488. The van der Waals surface area contributed by atoms with Crippen LogP contribution in [0.3, 0.4) is 0 Å². The van der Waals surface area contributed by atoms with E-state index in [2.05, 4.69) is 4.98 Å². The molecule has 0 fully saturated rings. The molecule has 0 radical (unpaired) electrons. The second-order valence-corrected chi connectivity index (χ2v) is 4.73. The first-order chi connectivity index (χ1) is 7.50. The topological polar surface area (TPSA) is 90.3 Å². The van der Waals surface area contributed by atoms with E-state index in [0.717, 1.165) is 0 Å². The number of rotatable bonds is 2. The van der Waals surface area contributed by atoms with Gasteiger partial charge in [0.1, 0.15) is 10.1 Å². The molecule has 1 aromatic heterocycles. The Morgan fingerprint density at radius 3 is 2.53 bits per heavy atom. The first-order valence-corrected chi connectivity index (χ1v) is 5.93. The van der Waals surface area contributed by atoms with Gasteiger partial charge in [-0.15, -0.1) is 0 Å². The molecule has 2 aromatic rings. The Morgan fingerprint density at radius 1 is 1.24 bits per heavy atom. The van der Waals surface area contributed by atoms with Crippen LogP contribution in [0.2, 0.25) is 0 Å². The zero-order valence-corrected chi connectivity index (χ0v) is 11.9. The summed E-state index contributed by atoms with van der Waals surface area (Å²) in [5, 5.41) is 10.6. The molecule has 1 N–H and O–H groups in total. The van der Waals surface area contributed by atoms with Crippen LogP contribution in [0.5, 0.6) is 0 Å². The number of aliphatic hydroxyl groups excluding tert-OH is 1. The van der Waals surface area contributed by atoms with E-state index in [0.29, 0.717) is 10.8 Å². The Bertz CT molecular complexity index is 624. The summed E-state index contributed by atoms with van der Waals surface area (Å²) < 4.78 is 32.2. The molecule has 84 valence electrons. The van der Waals surface area contributed by atoms with E-state index in [9.17, 15) is 18.1 Å². The van der Waals surface area contributed by atoms with Crippen LogP contribution in [-0.4, -0.2) is 23.1 Å². The Balaban J connectivity index is 0.00000144. The van der Waals surface area contributed by atoms with Crippen LogP contribution in [0.25, 0.3) is 10.8 Å². The summed E-state index contributed by atoms with van der Waals surface area (Å²) in [6.07, 6.45) is 2.71. The molecule has 0 amide bonds. The SMILES string of the molecule is O=S(=O)([O-])C(O)c1cncc2ccccc12.[Na+]. The van der Waals surface area contributed by atoms with Gasteiger partial charge in [0.05, 0.1) is 0 Å². The maximum absolute atomic E-state index is 10.7. The molecule has 7 heteroatoms. The monoisotopic (exact) mass is 261 g/mol. The summed E-state index contributed by atoms with van der Waals surface area (Å²) in [6.45, 7) is 0. The molecule has 1 heterocycles. The van der Waals surface area contributed by atoms with Crippen LogP contribution in [0.4, 0.5) is 0 Å². The van der Waals surface area contributed by atoms with Gasteiger partial charge in [-0.05, 0) is 5.39 Å². The third-order valence-corrected chi connectivity index (χ3v) is 3.04. The van der Waals surface area contributed by atoms with Gasteiger partial charge in [0.2, 0.25) is 0 Å². The second-order valence-electron chi connectivity index (χ2n) is 3.30. The van der Waals surface area contributed by atoms with E-state index in [4.69, 9.17) is 0 Å². The molecular formula is C10H8NNaO4S. The predicted molar refractivity (Wildman–Crippen MR) is 56.4 cm³/mol. The van der Waals surface area contributed by atoms with Crippen LogP contribution >= 0.6 is 0 Å². The molecule has 0 saturated heterocycles. The number of benzene rings is 1. The molecular weight excluding hydrogens is 253 g/mol. The van der Waals surface area contributed by atoms with Crippen LogP contribution in [-0.2, 0) is 10.1 Å². The summed E-state index contributed by atoms with van der Waals surface area (Å²) in [4.78, 5) is 3.78. The molecule has 17 heavy (non-hydrogen) atoms. The van der Waals surface area contributed by atoms with Crippen LogP contribution < -0.4 is 29.6 Å². The van der Waals surface area contributed by atoms with Gasteiger partial charge in [-0.2, -0.15) is 0 Å². The Hall–Kier alpha value is -0.500. The number of fused-ring (bicyclic) bond motifs is 1. The van der Waals surface area contributed by atoms with Crippen molar-refractivity contribution in [3.05, 3.63) is 42.2 Å². The third kappa shape index (κ3) is 3.04. The van der Waals surface area contributed by atoms with Crippen molar-refractivity contribution in [1.29, 1.82) is 0 Å². The van der Waals surface area contributed by atoms with Gasteiger partial charge < -0.3 is 9.66 Å². The Morgan fingerprint density at radius 2 is 1.88 bits per heavy atom. The molecule has 2 rings (SSSR count). The minimum atomic E-state index is -4.78. The molecule has 1 unspecified atom stereocenters. The first kappa shape index (κ1) is 14.6. The van der Waals surface area contributed by atoms with Crippen molar-refractivity contribution in [2.45, 2.75) is 5.44 Å². The van der Waals surface area contributed by atoms with Crippen LogP contribution in [0, 0.1) is 0 Å². The third-order valence-electron chi connectivity index (χ3n) is 2.24. The smallest absolute Gasteiger partial charge is 0.746 e. The maximum atomic E-state index is 10.7. The number of hydrogen-bond acceptors (Lipinski definition) is 5. The minimum absolute atomic E-state index is 0.